The second-order valence-electron chi connectivity index (χ2n) is 3.56. The number of carbonyl (C=O) groups is 1. The second-order valence-corrected chi connectivity index (χ2v) is 5.37. The Bertz CT molecular complexity index is 326. The Morgan fingerprint density at radius 3 is 2.53 bits per heavy atom. The Morgan fingerprint density at radius 1 is 1.53 bits per heavy atom. The van der Waals surface area contributed by atoms with Crippen LogP contribution in [-0.2, 0) is 19.7 Å². The number of esters is 1. The highest BCUT2D eigenvalue weighted by molar-refractivity contribution is 7.87. The van der Waals surface area contributed by atoms with Gasteiger partial charge in [0.25, 0.3) is 10.2 Å². The standard InChI is InChI=1S/C9H20N2O5S/c1-4-8(7-12)10-17(14,15)11(2)6-5-9(13)16-3/h8,10,12H,4-7H2,1-3H3. The molecule has 0 fully saturated rings. The van der Waals surface area contributed by atoms with Gasteiger partial charge in [-0.25, -0.2) is 0 Å². The topological polar surface area (TPSA) is 95.9 Å². The fourth-order valence-electron chi connectivity index (χ4n) is 1.02. The lowest BCUT2D eigenvalue weighted by Gasteiger charge is -2.20. The highest BCUT2D eigenvalue weighted by Crippen LogP contribution is 2.00. The first-order chi connectivity index (χ1) is 7.87. The number of hydrogen-bond acceptors (Lipinski definition) is 5. The summed E-state index contributed by atoms with van der Waals surface area (Å²) in [5.41, 5.74) is 0. The summed E-state index contributed by atoms with van der Waals surface area (Å²) in [6.45, 7) is 1.53. The van der Waals surface area contributed by atoms with Crippen molar-refractivity contribution in [1.82, 2.24) is 9.03 Å². The molecule has 0 aliphatic heterocycles. The summed E-state index contributed by atoms with van der Waals surface area (Å²) >= 11 is 0. The number of methoxy groups -OCH3 is 1. The van der Waals surface area contributed by atoms with Gasteiger partial charge in [-0.1, -0.05) is 6.92 Å². The van der Waals surface area contributed by atoms with Gasteiger partial charge in [0.15, 0.2) is 0 Å². The zero-order valence-electron chi connectivity index (χ0n) is 10.3. The summed E-state index contributed by atoms with van der Waals surface area (Å²) in [7, 11) is -1.07. The zero-order chi connectivity index (χ0) is 13.5. The maximum absolute atomic E-state index is 11.7. The maximum Gasteiger partial charge on any atom is 0.306 e. The van der Waals surface area contributed by atoms with Gasteiger partial charge in [0.05, 0.1) is 20.1 Å². The van der Waals surface area contributed by atoms with Crippen LogP contribution in [0.3, 0.4) is 0 Å². The van der Waals surface area contributed by atoms with Crippen molar-refractivity contribution in [2.45, 2.75) is 25.8 Å². The first kappa shape index (κ1) is 16.3. The van der Waals surface area contributed by atoms with Gasteiger partial charge in [-0.2, -0.15) is 17.4 Å². The molecule has 8 heteroatoms. The molecule has 0 aliphatic carbocycles. The van der Waals surface area contributed by atoms with Gasteiger partial charge in [0.1, 0.15) is 0 Å². The third kappa shape index (κ3) is 5.97. The van der Waals surface area contributed by atoms with E-state index in [2.05, 4.69) is 9.46 Å². The van der Waals surface area contributed by atoms with E-state index in [4.69, 9.17) is 5.11 Å². The number of rotatable bonds is 8. The molecule has 2 N–H and O–H groups in total. The van der Waals surface area contributed by atoms with E-state index >= 15 is 0 Å². The molecule has 1 unspecified atom stereocenters. The van der Waals surface area contributed by atoms with Crippen LogP contribution in [0.4, 0.5) is 0 Å². The summed E-state index contributed by atoms with van der Waals surface area (Å²) in [4.78, 5) is 10.9. The molecular weight excluding hydrogens is 248 g/mol. The molecule has 0 aromatic rings. The van der Waals surface area contributed by atoms with Crippen LogP contribution in [0.15, 0.2) is 0 Å². The van der Waals surface area contributed by atoms with Crippen molar-refractivity contribution >= 4 is 16.2 Å². The molecule has 0 saturated carbocycles. The normalized spacial score (nSPS) is 13.7. The van der Waals surface area contributed by atoms with Crippen molar-refractivity contribution in [2.75, 3.05) is 27.3 Å². The number of aliphatic hydroxyl groups is 1. The van der Waals surface area contributed by atoms with Crippen LogP contribution in [0.25, 0.3) is 0 Å². The Balaban J connectivity index is 4.34. The smallest absolute Gasteiger partial charge is 0.306 e. The van der Waals surface area contributed by atoms with Gasteiger partial charge < -0.3 is 9.84 Å². The molecule has 1 atom stereocenters. The zero-order valence-corrected chi connectivity index (χ0v) is 11.2. The molecule has 0 radical (unpaired) electrons. The minimum absolute atomic E-state index is 0.0101. The minimum atomic E-state index is -3.67. The monoisotopic (exact) mass is 268 g/mol. The van der Waals surface area contributed by atoms with Gasteiger partial charge in [-0.3, -0.25) is 4.79 Å². The second kappa shape index (κ2) is 7.59. The van der Waals surface area contributed by atoms with E-state index in [0.29, 0.717) is 6.42 Å². The van der Waals surface area contributed by atoms with Crippen molar-refractivity contribution in [1.29, 1.82) is 0 Å². The predicted octanol–water partition coefficient (Wildman–Crippen LogP) is -0.913. The van der Waals surface area contributed by atoms with E-state index in [-0.39, 0.29) is 19.6 Å². The Hall–Kier alpha value is -0.700. The molecule has 0 bridgehead atoms. The summed E-state index contributed by atoms with van der Waals surface area (Å²) in [5.74, 6) is -0.471. The van der Waals surface area contributed by atoms with Crippen molar-refractivity contribution < 1.29 is 23.1 Å². The molecule has 0 amide bonds. The highest BCUT2D eigenvalue weighted by atomic mass is 32.2. The van der Waals surface area contributed by atoms with E-state index in [9.17, 15) is 13.2 Å². The summed E-state index contributed by atoms with van der Waals surface area (Å²) in [6.07, 6.45) is 0.477. The molecular formula is C9H20N2O5S. The van der Waals surface area contributed by atoms with Crippen LogP contribution in [0.2, 0.25) is 0 Å². The van der Waals surface area contributed by atoms with E-state index < -0.39 is 22.2 Å². The first-order valence-corrected chi connectivity index (χ1v) is 6.72. The van der Waals surface area contributed by atoms with E-state index in [1.807, 2.05) is 0 Å². The Morgan fingerprint density at radius 2 is 2.12 bits per heavy atom. The fourth-order valence-corrected chi connectivity index (χ4v) is 2.20. The number of carbonyl (C=O) groups excluding carboxylic acids is 1. The lowest BCUT2D eigenvalue weighted by Crippen LogP contribution is -2.45. The first-order valence-electron chi connectivity index (χ1n) is 5.28. The number of nitrogens with one attached hydrogen (secondary N) is 1. The molecule has 0 aromatic carbocycles. The van der Waals surface area contributed by atoms with Gasteiger partial charge >= 0.3 is 5.97 Å². The van der Waals surface area contributed by atoms with Crippen LogP contribution in [0.1, 0.15) is 19.8 Å². The average Bonchev–Trinajstić information content (AvgIpc) is 2.32. The largest absolute Gasteiger partial charge is 0.469 e. The average molecular weight is 268 g/mol. The van der Waals surface area contributed by atoms with Crippen LogP contribution in [0.5, 0.6) is 0 Å². The Labute approximate surface area is 102 Å². The molecule has 0 heterocycles. The van der Waals surface area contributed by atoms with Gasteiger partial charge in [0, 0.05) is 19.6 Å². The molecule has 0 aromatic heterocycles. The van der Waals surface area contributed by atoms with Gasteiger partial charge in [0.2, 0.25) is 0 Å². The number of aliphatic hydroxyl groups excluding tert-OH is 1. The van der Waals surface area contributed by atoms with Crippen LogP contribution in [0, 0.1) is 0 Å². The fraction of sp³-hybridized carbons (Fsp3) is 0.889. The SMILES string of the molecule is CCC(CO)NS(=O)(=O)N(C)CCC(=O)OC. The maximum atomic E-state index is 11.7. The predicted molar refractivity (Wildman–Crippen MR) is 62.5 cm³/mol. The summed E-state index contributed by atoms with van der Waals surface area (Å²) < 4.78 is 31.2. The third-order valence-corrected chi connectivity index (χ3v) is 3.93. The molecule has 0 saturated heterocycles. The van der Waals surface area contributed by atoms with Crippen LogP contribution < -0.4 is 4.72 Å². The molecule has 0 spiro atoms. The summed E-state index contributed by atoms with van der Waals surface area (Å²) in [5, 5.41) is 8.91. The van der Waals surface area contributed by atoms with Crippen LogP contribution >= 0.6 is 0 Å². The van der Waals surface area contributed by atoms with E-state index in [1.54, 1.807) is 6.92 Å². The minimum Gasteiger partial charge on any atom is -0.469 e. The summed E-state index contributed by atoms with van der Waals surface area (Å²) in [6, 6.07) is -0.513. The third-order valence-electron chi connectivity index (χ3n) is 2.30. The van der Waals surface area contributed by atoms with Gasteiger partial charge in [-0.15, -0.1) is 0 Å². The molecule has 0 aliphatic rings. The van der Waals surface area contributed by atoms with Crippen molar-refractivity contribution in [3.8, 4) is 0 Å². The highest BCUT2D eigenvalue weighted by Gasteiger charge is 2.21. The lowest BCUT2D eigenvalue weighted by molar-refractivity contribution is -0.140. The molecule has 7 nitrogen and oxygen atoms in total. The number of nitrogens with zero attached hydrogens (tertiary/aromatic N) is 1. The van der Waals surface area contributed by atoms with Gasteiger partial charge in [-0.05, 0) is 6.42 Å². The van der Waals surface area contributed by atoms with Crippen molar-refractivity contribution in [2.24, 2.45) is 0 Å². The quantitative estimate of drug-likeness (QED) is 0.555. The number of hydrogen-bond donors (Lipinski definition) is 2. The van der Waals surface area contributed by atoms with Crippen LogP contribution in [-0.4, -0.2) is 57.1 Å². The molecule has 17 heavy (non-hydrogen) atoms. The van der Waals surface area contributed by atoms with Crippen molar-refractivity contribution in [3.05, 3.63) is 0 Å². The molecule has 102 valence electrons. The van der Waals surface area contributed by atoms with E-state index in [1.165, 1.54) is 14.2 Å². The molecule has 0 rings (SSSR count). The Kier molecular flexibility index (Phi) is 7.28. The van der Waals surface area contributed by atoms with E-state index in [0.717, 1.165) is 4.31 Å². The number of ether oxygens (including phenoxy) is 1. The van der Waals surface area contributed by atoms with Crippen molar-refractivity contribution in [3.63, 3.8) is 0 Å². The lowest BCUT2D eigenvalue weighted by atomic mass is 10.3.